The Hall–Kier alpha value is -2.86. The molecule has 0 aliphatic heterocycles. The number of carboxylic acids is 1. The van der Waals surface area contributed by atoms with Gasteiger partial charge >= 0.3 is 5.97 Å². The summed E-state index contributed by atoms with van der Waals surface area (Å²) in [5, 5.41) is 11.2. The van der Waals surface area contributed by atoms with Crippen LogP contribution in [-0.4, -0.2) is 29.3 Å². The van der Waals surface area contributed by atoms with Crippen LogP contribution in [0.15, 0.2) is 53.9 Å². The van der Waals surface area contributed by atoms with Crippen molar-refractivity contribution in [3.8, 4) is 22.1 Å². The van der Waals surface area contributed by atoms with Crippen LogP contribution in [0.25, 0.3) is 10.6 Å². The van der Waals surface area contributed by atoms with Gasteiger partial charge in [-0.1, -0.05) is 30.3 Å². The molecule has 5 nitrogen and oxygen atoms in total. The Bertz CT molecular complexity index is 877. The number of benzene rings is 2. The molecule has 0 bridgehead atoms. The van der Waals surface area contributed by atoms with E-state index in [1.54, 1.807) is 0 Å². The fourth-order valence-electron chi connectivity index (χ4n) is 2.46. The van der Waals surface area contributed by atoms with Crippen molar-refractivity contribution in [3.05, 3.63) is 65.2 Å². The van der Waals surface area contributed by atoms with Crippen LogP contribution in [-0.2, 0) is 6.42 Å². The highest BCUT2D eigenvalue weighted by Gasteiger charge is 2.13. The maximum atomic E-state index is 11.0. The Balaban J connectivity index is 1.74. The second-order valence-corrected chi connectivity index (χ2v) is 6.38. The molecule has 0 unspecified atom stereocenters. The lowest BCUT2D eigenvalue weighted by atomic mass is 10.2. The van der Waals surface area contributed by atoms with Gasteiger partial charge in [0.1, 0.15) is 5.01 Å². The van der Waals surface area contributed by atoms with Crippen LogP contribution in [0.1, 0.15) is 23.0 Å². The molecule has 1 heterocycles. The molecule has 1 N–H and O–H groups in total. The molecule has 0 amide bonds. The van der Waals surface area contributed by atoms with Crippen molar-refractivity contribution in [2.24, 2.45) is 0 Å². The molecule has 0 radical (unpaired) electrons. The molecule has 26 heavy (non-hydrogen) atoms. The van der Waals surface area contributed by atoms with Crippen molar-refractivity contribution in [1.82, 2.24) is 4.98 Å². The molecule has 134 valence electrons. The fraction of sp³-hybridized carbons (Fsp3) is 0.200. The Labute approximate surface area is 155 Å². The van der Waals surface area contributed by atoms with Gasteiger partial charge in [-0.05, 0) is 30.7 Å². The van der Waals surface area contributed by atoms with Crippen LogP contribution in [0.4, 0.5) is 0 Å². The molecule has 0 saturated heterocycles. The second kappa shape index (κ2) is 8.49. The number of rotatable bonds is 8. The number of thiazole rings is 1. The van der Waals surface area contributed by atoms with E-state index in [4.69, 9.17) is 14.6 Å². The number of aromatic nitrogens is 1. The first-order chi connectivity index (χ1) is 12.7. The third-order valence-electron chi connectivity index (χ3n) is 3.70. The smallest absolute Gasteiger partial charge is 0.355 e. The monoisotopic (exact) mass is 369 g/mol. The highest BCUT2D eigenvalue weighted by atomic mass is 32.1. The SMILES string of the molecule is CCOc1cc(-c2nc(C(=O)O)cs2)ccc1OCCc1ccccc1. The average Bonchev–Trinajstić information content (AvgIpc) is 3.14. The Kier molecular flexibility index (Phi) is 5.86. The maximum absolute atomic E-state index is 11.0. The van der Waals surface area contributed by atoms with Crippen molar-refractivity contribution < 1.29 is 19.4 Å². The number of ether oxygens (including phenoxy) is 2. The third kappa shape index (κ3) is 4.40. The van der Waals surface area contributed by atoms with Gasteiger partial charge in [0.25, 0.3) is 0 Å². The molecule has 1 aromatic heterocycles. The minimum atomic E-state index is -1.03. The summed E-state index contributed by atoms with van der Waals surface area (Å²) in [6, 6.07) is 15.7. The van der Waals surface area contributed by atoms with Crippen LogP contribution in [0, 0.1) is 0 Å². The first-order valence-corrected chi connectivity index (χ1v) is 9.18. The Morgan fingerprint density at radius 3 is 2.62 bits per heavy atom. The van der Waals surface area contributed by atoms with Crippen molar-refractivity contribution in [2.45, 2.75) is 13.3 Å². The number of hydrogen-bond acceptors (Lipinski definition) is 5. The quantitative estimate of drug-likeness (QED) is 0.632. The van der Waals surface area contributed by atoms with E-state index in [9.17, 15) is 4.79 Å². The van der Waals surface area contributed by atoms with E-state index in [1.165, 1.54) is 22.3 Å². The second-order valence-electron chi connectivity index (χ2n) is 5.52. The Morgan fingerprint density at radius 1 is 1.12 bits per heavy atom. The fourth-order valence-corrected chi connectivity index (χ4v) is 3.25. The lowest BCUT2D eigenvalue weighted by Gasteiger charge is -2.13. The van der Waals surface area contributed by atoms with E-state index < -0.39 is 5.97 Å². The summed E-state index contributed by atoms with van der Waals surface area (Å²) in [7, 11) is 0. The summed E-state index contributed by atoms with van der Waals surface area (Å²) < 4.78 is 11.6. The minimum absolute atomic E-state index is 0.0474. The van der Waals surface area contributed by atoms with Crippen LogP contribution >= 0.6 is 11.3 Å². The summed E-state index contributed by atoms with van der Waals surface area (Å²) in [6.07, 6.45) is 0.808. The zero-order chi connectivity index (χ0) is 18.4. The number of hydrogen-bond donors (Lipinski definition) is 1. The van der Waals surface area contributed by atoms with Gasteiger partial charge in [0.15, 0.2) is 17.2 Å². The van der Waals surface area contributed by atoms with Crippen molar-refractivity contribution in [3.63, 3.8) is 0 Å². The molecule has 0 spiro atoms. The van der Waals surface area contributed by atoms with E-state index >= 15 is 0 Å². The maximum Gasteiger partial charge on any atom is 0.355 e. The average molecular weight is 369 g/mol. The molecule has 3 rings (SSSR count). The molecule has 0 atom stereocenters. The molecule has 2 aromatic carbocycles. The van der Waals surface area contributed by atoms with Crippen LogP contribution in [0.2, 0.25) is 0 Å². The summed E-state index contributed by atoms with van der Waals surface area (Å²) in [4.78, 5) is 15.1. The molecule has 0 fully saturated rings. The normalized spacial score (nSPS) is 10.5. The zero-order valence-corrected chi connectivity index (χ0v) is 15.2. The van der Waals surface area contributed by atoms with Crippen molar-refractivity contribution in [2.75, 3.05) is 13.2 Å². The van der Waals surface area contributed by atoms with Gasteiger partial charge in [-0.15, -0.1) is 11.3 Å². The lowest BCUT2D eigenvalue weighted by Crippen LogP contribution is -2.03. The molecule has 6 heteroatoms. The number of carboxylic acid groups (broad SMARTS) is 1. The predicted molar refractivity (Wildman–Crippen MR) is 101 cm³/mol. The van der Waals surface area contributed by atoms with Gasteiger partial charge in [-0.3, -0.25) is 0 Å². The summed E-state index contributed by atoms with van der Waals surface area (Å²) in [5.41, 5.74) is 2.07. The first-order valence-electron chi connectivity index (χ1n) is 8.30. The number of nitrogens with zero attached hydrogens (tertiary/aromatic N) is 1. The molecule has 0 saturated carbocycles. The summed E-state index contributed by atoms with van der Waals surface area (Å²) >= 11 is 1.29. The van der Waals surface area contributed by atoms with E-state index in [1.807, 2.05) is 43.3 Å². The number of carbonyl (C=O) groups is 1. The minimum Gasteiger partial charge on any atom is -0.490 e. The standard InChI is InChI=1S/C20H19NO4S/c1-2-24-18-12-15(19-21-16(13-26-19)20(22)23)8-9-17(18)25-11-10-14-6-4-3-5-7-14/h3-9,12-13H,2,10-11H2,1H3,(H,22,23). The van der Waals surface area contributed by atoms with Crippen molar-refractivity contribution >= 4 is 17.3 Å². The van der Waals surface area contributed by atoms with Crippen molar-refractivity contribution in [1.29, 1.82) is 0 Å². The third-order valence-corrected chi connectivity index (χ3v) is 4.60. The molecular weight excluding hydrogens is 350 g/mol. The predicted octanol–water partition coefficient (Wildman–Crippen LogP) is 4.53. The summed E-state index contributed by atoms with van der Waals surface area (Å²) in [5.74, 6) is 0.269. The highest BCUT2D eigenvalue weighted by molar-refractivity contribution is 7.13. The van der Waals surface area contributed by atoms with E-state index in [2.05, 4.69) is 17.1 Å². The molecule has 0 aliphatic rings. The first kappa shape index (κ1) is 17.9. The topological polar surface area (TPSA) is 68.7 Å². The summed E-state index contributed by atoms with van der Waals surface area (Å²) in [6.45, 7) is 2.97. The largest absolute Gasteiger partial charge is 0.490 e. The molecule has 3 aromatic rings. The van der Waals surface area contributed by atoms with E-state index in [0.717, 1.165) is 12.0 Å². The van der Waals surface area contributed by atoms with Gasteiger partial charge in [0, 0.05) is 17.4 Å². The highest BCUT2D eigenvalue weighted by Crippen LogP contribution is 2.34. The molecular formula is C20H19NO4S. The van der Waals surface area contributed by atoms with E-state index in [0.29, 0.717) is 29.7 Å². The number of aromatic carboxylic acids is 1. The van der Waals surface area contributed by atoms with Crippen LogP contribution in [0.5, 0.6) is 11.5 Å². The van der Waals surface area contributed by atoms with Gasteiger partial charge in [-0.25, -0.2) is 9.78 Å². The van der Waals surface area contributed by atoms with Crippen LogP contribution in [0.3, 0.4) is 0 Å². The van der Waals surface area contributed by atoms with Gasteiger partial charge in [-0.2, -0.15) is 0 Å². The Morgan fingerprint density at radius 2 is 1.92 bits per heavy atom. The molecule has 0 aliphatic carbocycles. The zero-order valence-electron chi connectivity index (χ0n) is 14.3. The van der Waals surface area contributed by atoms with Gasteiger partial charge in [0.2, 0.25) is 0 Å². The van der Waals surface area contributed by atoms with Gasteiger partial charge < -0.3 is 14.6 Å². The van der Waals surface area contributed by atoms with Gasteiger partial charge in [0.05, 0.1) is 13.2 Å². The van der Waals surface area contributed by atoms with E-state index in [-0.39, 0.29) is 5.69 Å². The van der Waals surface area contributed by atoms with Crippen LogP contribution < -0.4 is 9.47 Å². The lowest BCUT2D eigenvalue weighted by molar-refractivity contribution is 0.0691.